The third-order valence-corrected chi connectivity index (χ3v) is 10.7. The van der Waals surface area contributed by atoms with Crippen LogP contribution in [-0.2, 0) is 24.3 Å². The van der Waals surface area contributed by atoms with E-state index < -0.39 is 11.2 Å². The molecule has 2 fully saturated rings. The predicted molar refractivity (Wildman–Crippen MR) is 192 cm³/mol. The number of aliphatic hydroxyl groups is 2. The molecule has 2 aliphatic rings. The maximum atomic E-state index is 12.6. The largest absolute Gasteiger partial charge is 0.507 e. The van der Waals surface area contributed by atoms with Crippen LogP contribution in [0.15, 0.2) is 133 Å². The molecule has 2 atom stereocenters. The molecule has 0 spiro atoms. The summed E-state index contributed by atoms with van der Waals surface area (Å²) in [5.41, 5.74) is 2.45. The molecular formula is C42H43ClN2O3. The average Bonchev–Trinajstić information content (AvgIpc) is 3.81. The molecule has 3 N–H and O–H groups in total. The summed E-state index contributed by atoms with van der Waals surface area (Å²) in [6.07, 6.45) is 3.52. The number of hydrogen-bond acceptors (Lipinski definition) is 5. The molecular weight excluding hydrogens is 616 g/mol. The molecule has 5 aromatic rings. The lowest BCUT2D eigenvalue weighted by Gasteiger charge is -2.41. The van der Waals surface area contributed by atoms with E-state index in [4.69, 9.17) is 11.6 Å². The monoisotopic (exact) mass is 658 g/mol. The average molecular weight is 659 g/mol. The molecule has 0 bridgehead atoms. The van der Waals surface area contributed by atoms with Crippen LogP contribution in [0.25, 0.3) is 0 Å². The number of aromatic hydroxyl groups is 1. The van der Waals surface area contributed by atoms with Crippen LogP contribution in [0.1, 0.15) is 59.1 Å². The Morgan fingerprint density at radius 2 is 0.854 bits per heavy atom. The van der Waals surface area contributed by atoms with Gasteiger partial charge >= 0.3 is 0 Å². The molecule has 0 aromatic heterocycles. The molecule has 1 unspecified atom stereocenters. The van der Waals surface area contributed by atoms with Gasteiger partial charge in [-0.15, -0.1) is 0 Å². The van der Waals surface area contributed by atoms with Crippen LogP contribution in [0, 0.1) is 0 Å². The van der Waals surface area contributed by atoms with E-state index >= 15 is 0 Å². The fourth-order valence-electron chi connectivity index (χ4n) is 8.25. The minimum atomic E-state index is -1.22. The van der Waals surface area contributed by atoms with Gasteiger partial charge in [-0.05, 0) is 73.2 Å². The second-order valence-electron chi connectivity index (χ2n) is 13.3. The van der Waals surface area contributed by atoms with E-state index in [-0.39, 0.29) is 17.8 Å². The molecule has 5 aromatic carbocycles. The van der Waals surface area contributed by atoms with Crippen LogP contribution in [0.2, 0.25) is 5.02 Å². The maximum absolute atomic E-state index is 12.6. The highest BCUT2D eigenvalue weighted by atomic mass is 35.5. The quantitative estimate of drug-likeness (QED) is 0.143. The molecule has 0 radical (unpaired) electrons. The first-order chi connectivity index (χ1) is 23.4. The predicted octanol–water partition coefficient (Wildman–Crippen LogP) is 7.85. The van der Waals surface area contributed by atoms with Gasteiger partial charge in [0.15, 0.2) is 0 Å². The summed E-state index contributed by atoms with van der Waals surface area (Å²) in [4.78, 5) is 4.58. The summed E-state index contributed by atoms with van der Waals surface area (Å²) in [6.45, 7) is 2.49. The van der Waals surface area contributed by atoms with E-state index in [2.05, 4.69) is 9.80 Å². The first-order valence-electron chi connectivity index (χ1n) is 17.0. The van der Waals surface area contributed by atoms with Gasteiger partial charge in [-0.2, -0.15) is 0 Å². The van der Waals surface area contributed by atoms with Crippen molar-refractivity contribution in [3.8, 4) is 5.75 Å². The third-order valence-electron chi connectivity index (χ3n) is 10.5. The van der Waals surface area contributed by atoms with Crippen LogP contribution >= 0.6 is 11.6 Å². The molecule has 5 nitrogen and oxygen atoms in total. The van der Waals surface area contributed by atoms with Crippen molar-refractivity contribution in [2.45, 2.75) is 62.1 Å². The highest BCUT2D eigenvalue weighted by Crippen LogP contribution is 2.44. The van der Waals surface area contributed by atoms with Gasteiger partial charge in [-0.25, -0.2) is 0 Å². The number of phenolic OH excluding ortho intramolecular Hbond substituents is 1. The van der Waals surface area contributed by atoms with E-state index in [0.29, 0.717) is 18.1 Å². The van der Waals surface area contributed by atoms with Gasteiger partial charge in [0.25, 0.3) is 0 Å². The standard InChI is InChI=1S/C42H43ClN2O3/c43-37-27-31(29-44-25-13-23-38(44)41(47,33-15-5-1-6-16-33)34-17-7-2-8-18-34)40(46)32(28-37)30-45-26-14-24-39(45)42(48,35-19-9-3-10-20-35)36-21-11-4-12-22-36/h1-12,15-22,27-28,38-39,46-48H,13-14,23-26,29-30H2/t38-,39?/m1/s1. The number of nitrogens with zero attached hydrogens (tertiary/aromatic N) is 2. The van der Waals surface area contributed by atoms with Crippen LogP contribution < -0.4 is 0 Å². The van der Waals surface area contributed by atoms with Crippen LogP contribution in [0.3, 0.4) is 0 Å². The zero-order valence-electron chi connectivity index (χ0n) is 27.1. The lowest BCUT2D eigenvalue weighted by Crippen LogP contribution is -2.48. The molecule has 0 amide bonds. The van der Waals surface area contributed by atoms with Gasteiger partial charge in [0.2, 0.25) is 0 Å². The Morgan fingerprint density at radius 3 is 1.17 bits per heavy atom. The highest BCUT2D eigenvalue weighted by Gasteiger charge is 2.47. The van der Waals surface area contributed by atoms with E-state index in [1.54, 1.807) is 0 Å². The topological polar surface area (TPSA) is 67.2 Å². The summed E-state index contributed by atoms with van der Waals surface area (Å²) in [5, 5.41) is 37.6. The van der Waals surface area contributed by atoms with Crippen molar-refractivity contribution in [1.82, 2.24) is 9.80 Å². The Hall–Kier alpha value is -3.97. The third kappa shape index (κ3) is 6.06. The van der Waals surface area contributed by atoms with Crippen LogP contribution in [0.4, 0.5) is 0 Å². The smallest absolute Gasteiger partial charge is 0.130 e. The lowest BCUT2D eigenvalue weighted by molar-refractivity contribution is -0.00733. The van der Waals surface area contributed by atoms with Crippen molar-refractivity contribution >= 4 is 11.6 Å². The first-order valence-corrected chi connectivity index (χ1v) is 17.4. The number of benzene rings is 5. The van der Waals surface area contributed by atoms with Gasteiger partial charge in [-0.1, -0.05) is 133 Å². The summed E-state index contributed by atoms with van der Waals surface area (Å²) in [7, 11) is 0. The van der Waals surface area contributed by atoms with Gasteiger partial charge in [0.05, 0.1) is 0 Å². The van der Waals surface area contributed by atoms with Gasteiger partial charge in [0.1, 0.15) is 17.0 Å². The minimum Gasteiger partial charge on any atom is -0.507 e. The second kappa shape index (κ2) is 13.9. The zero-order chi connectivity index (χ0) is 33.1. The Morgan fingerprint density at radius 1 is 0.542 bits per heavy atom. The van der Waals surface area contributed by atoms with Crippen LogP contribution in [-0.4, -0.2) is 50.3 Å². The molecule has 6 heteroatoms. The summed E-state index contributed by atoms with van der Waals surface area (Å²) >= 11 is 6.78. The van der Waals surface area contributed by atoms with Gasteiger partial charge in [-0.3, -0.25) is 9.80 Å². The fraction of sp³-hybridized carbons (Fsp3) is 0.286. The molecule has 0 saturated carbocycles. The Labute approximate surface area is 288 Å². The number of hydrogen-bond donors (Lipinski definition) is 3. The lowest BCUT2D eigenvalue weighted by atomic mass is 9.79. The second-order valence-corrected chi connectivity index (χ2v) is 13.8. The van der Waals surface area contributed by atoms with Crippen molar-refractivity contribution in [2.75, 3.05) is 13.1 Å². The maximum Gasteiger partial charge on any atom is 0.130 e. The van der Waals surface area contributed by atoms with Crippen molar-refractivity contribution in [3.63, 3.8) is 0 Å². The summed E-state index contributed by atoms with van der Waals surface area (Å²) < 4.78 is 0. The minimum absolute atomic E-state index is 0.196. The van der Waals surface area contributed by atoms with Gasteiger partial charge in [0, 0.05) is 41.3 Å². The molecule has 7 rings (SSSR count). The van der Waals surface area contributed by atoms with E-state index in [1.807, 2.05) is 133 Å². The van der Waals surface area contributed by atoms with Crippen LogP contribution in [0.5, 0.6) is 5.75 Å². The molecule has 48 heavy (non-hydrogen) atoms. The molecule has 2 heterocycles. The van der Waals surface area contributed by atoms with Crippen molar-refractivity contribution < 1.29 is 15.3 Å². The van der Waals surface area contributed by atoms with Gasteiger partial charge < -0.3 is 15.3 Å². The Bertz CT molecular complexity index is 1590. The molecule has 2 saturated heterocycles. The van der Waals surface area contributed by atoms with E-state index in [0.717, 1.165) is 72.2 Å². The molecule has 246 valence electrons. The molecule has 0 aliphatic carbocycles. The number of likely N-dealkylation sites (tertiary alicyclic amines) is 2. The summed E-state index contributed by atoms with van der Waals surface area (Å²) in [6, 6.07) is 42.9. The number of halogens is 1. The zero-order valence-corrected chi connectivity index (χ0v) is 27.9. The number of rotatable bonds is 10. The SMILES string of the molecule is Oc1c(CN2CCCC2C(O)(c2ccccc2)c2ccccc2)cc(Cl)cc1CN1CCC[C@@H]1C(O)(c1ccccc1)c1ccccc1. The highest BCUT2D eigenvalue weighted by molar-refractivity contribution is 6.30. The number of phenols is 1. The Kier molecular flexibility index (Phi) is 9.41. The summed E-state index contributed by atoms with van der Waals surface area (Å²) in [5.74, 6) is 0.224. The normalized spacial score (nSPS) is 19.1. The van der Waals surface area contributed by atoms with E-state index in [1.165, 1.54) is 0 Å². The first kappa shape index (κ1) is 32.6. The fourth-order valence-corrected chi connectivity index (χ4v) is 8.51. The van der Waals surface area contributed by atoms with Crippen molar-refractivity contribution in [2.24, 2.45) is 0 Å². The van der Waals surface area contributed by atoms with E-state index in [9.17, 15) is 15.3 Å². The van der Waals surface area contributed by atoms with Crippen molar-refractivity contribution in [3.05, 3.63) is 172 Å². The Balaban J connectivity index is 1.19. The molecule has 2 aliphatic heterocycles. The van der Waals surface area contributed by atoms with Crippen molar-refractivity contribution in [1.29, 1.82) is 0 Å².